The molecule has 1 aliphatic heterocycles. The molecule has 3 aromatic rings. The van der Waals surface area contributed by atoms with Crippen molar-refractivity contribution < 1.29 is 9.59 Å². The number of nitrogens with zero attached hydrogens (tertiary/aromatic N) is 4. The highest BCUT2D eigenvalue weighted by atomic mass is 32.2. The molecule has 0 bridgehead atoms. The van der Waals surface area contributed by atoms with E-state index in [0.29, 0.717) is 16.6 Å². The third-order valence-corrected chi connectivity index (χ3v) is 7.02. The number of carbonyl (C=O) groups excluding carboxylic acids is 2. The number of thiophene rings is 1. The zero-order valence-corrected chi connectivity index (χ0v) is 19.3. The van der Waals surface area contributed by atoms with Gasteiger partial charge in [0.05, 0.1) is 23.7 Å². The summed E-state index contributed by atoms with van der Waals surface area (Å²) in [6.45, 7) is 3.56. The predicted molar refractivity (Wildman–Crippen MR) is 125 cm³/mol. The topological polar surface area (TPSA) is 92.2 Å². The van der Waals surface area contributed by atoms with Crippen LogP contribution in [-0.4, -0.2) is 50.3 Å². The number of likely N-dealkylation sites (tertiary alicyclic amines) is 1. The molecule has 0 saturated carbocycles. The molecule has 0 atom stereocenters. The van der Waals surface area contributed by atoms with Crippen molar-refractivity contribution in [2.45, 2.75) is 37.5 Å². The van der Waals surface area contributed by atoms with Crippen LogP contribution in [0.5, 0.6) is 0 Å². The van der Waals surface area contributed by atoms with E-state index in [1.807, 2.05) is 23.6 Å². The fourth-order valence-electron chi connectivity index (χ4n) is 3.55. The van der Waals surface area contributed by atoms with Crippen LogP contribution in [-0.2, 0) is 17.9 Å². The van der Waals surface area contributed by atoms with Crippen molar-refractivity contribution in [3.8, 4) is 0 Å². The van der Waals surface area contributed by atoms with Gasteiger partial charge in [-0.1, -0.05) is 54.6 Å². The van der Waals surface area contributed by atoms with E-state index in [4.69, 9.17) is 0 Å². The Morgan fingerprint density at radius 2 is 1.78 bits per heavy atom. The number of benzene rings is 1. The average molecular weight is 471 g/mol. The Bertz CT molecular complexity index is 1020. The van der Waals surface area contributed by atoms with Crippen LogP contribution in [0.1, 0.15) is 40.3 Å². The zero-order valence-electron chi connectivity index (χ0n) is 17.7. The monoisotopic (exact) mass is 470 g/mol. The number of amides is 2. The number of hydrazine groups is 1. The summed E-state index contributed by atoms with van der Waals surface area (Å²) in [4.78, 5) is 27.2. The van der Waals surface area contributed by atoms with Gasteiger partial charge in [-0.15, -0.1) is 21.5 Å². The summed E-state index contributed by atoms with van der Waals surface area (Å²) in [5, 5.41) is 11.3. The summed E-state index contributed by atoms with van der Waals surface area (Å²) in [6.07, 6.45) is 3.71. The summed E-state index contributed by atoms with van der Waals surface area (Å²) in [5.74, 6) is 0.410. The van der Waals surface area contributed by atoms with Crippen LogP contribution >= 0.6 is 23.1 Å². The SMILES string of the molecule is O=C(CSc1nnc(CN2CCCCC2)n1Cc1ccccc1)NNC(=O)c1cccs1. The number of hydrogen-bond acceptors (Lipinski definition) is 7. The minimum absolute atomic E-state index is 0.126. The summed E-state index contributed by atoms with van der Waals surface area (Å²) in [5.41, 5.74) is 6.06. The lowest BCUT2D eigenvalue weighted by Gasteiger charge is -2.26. The highest BCUT2D eigenvalue weighted by molar-refractivity contribution is 7.99. The highest BCUT2D eigenvalue weighted by Crippen LogP contribution is 2.21. The van der Waals surface area contributed by atoms with Crippen LogP contribution in [0.25, 0.3) is 0 Å². The first kappa shape index (κ1) is 22.5. The van der Waals surface area contributed by atoms with Gasteiger partial charge < -0.3 is 4.57 Å². The van der Waals surface area contributed by atoms with Crippen molar-refractivity contribution in [2.24, 2.45) is 0 Å². The van der Waals surface area contributed by atoms with Crippen LogP contribution in [0.15, 0.2) is 53.0 Å². The molecule has 0 radical (unpaired) electrons. The quantitative estimate of drug-likeness (QED) is 0.389. The molecule has 0 unspecified atom stereocenters. The number of hydrogen-bond donors (Lipinski definition) is 2. The standard InChI is InChI=1S/C22H26N6O2S2/c29-20(24-25-21(30)18-10-7-13-31-18)16-32-22-26-23-19(15-27-11-5-2-6-12-27)28(22)14-17-8-3-1-4-9-17/h1,3-4,7-10,13H,2,5-6,11-12,14-16H2,(H,24,29)(H,25,30). The van der Waals surface area contributed by atoms with Crippen molar-refractivity contribution in [2.75, 3.05) is 18.8 Å². The Labute approximate surface area is 195 Å². The number of piperidine rings is 1. The first-order valence-corrected chi connectivity index (χ1v) is 12.5. The maximum absolute atomic E-state index is 12.3. The van der Waals surface area contributed by atoms with Gasteiger partial charge in [-0.25, -0.2) is 0 Å². The molecule has 4 rings (SSSR count). The lowest BCUT2D eigenvalue weighted by Crippen LogP contribution is -2.42. The van der Waals surface area contributed by atoms with E-state index in [-0.39, 0.29) is 17.6 Å². The Morgan fingerprint density at radius 1 is 0.969 bits per heavy atom. The van der Waals surface area contributed by atoms with Gasteiger partial charge in [0, 0.05) is 0 Å². The third kappa shape index (κ3) is 6.18. The van der Waals surface area contributed by atoms with E-state index in [2.05, 4.69) is 42.6 Å². The number of carbonyl (C=O) groups is 2. The largest absolute Gasteiger partial charge is 0.300 e. The average Bonchev–Trinajstić information content (AvgIpc) is 3.49. The molecule has 0 spiro atoms. The Morgan fingerprint density at radius 3 is 2.53 bits per heavy atom. The van der Waals surface area contributed by atoms with Crippen molar-refractivity contribution in [1.82, 2.24) is 30.5 Å². The van der Waals surface area contributed by atoms with Crippen molar-refractivity contribution >= 4 is 34.9 Å². The summed E-state index contributed by atoms with van der Waals surface area (Å²) in [6, 6.07) is 13.7. The van der Waals surface area contributed by atoms with Crippen LogP contribution in [0.2, 0.25) is 0 Å². The van der Waals surface area contributed by atoms with Gasteiger partial charge in [-0.3, -0.25) is 25.3 Å². The van der Waals surface area contributed by atoms with Crippen molar-refractivity contribution in [3.63, 3.8) is 0 Å². The second-order valence-electron chi connectivity index (χ2n) is 7.58. The minimum Gasteiger partial charge on any atom is -0.300 e. The summed E-state index contributed by atoms with van der Waals surface area (Å²) >= 11 is 2.64. The molecule has 168 valence electrons. The molecular formula is C22H26N6O2S2. The predicted octanol–water partition coefficient (Wildman–Crippen LogP) is 2.93. The zero-order chi connectivity index (χ0) is 22.2. The van der Waals surface area contributed by atoms with Crippen LogP contribution < -0.4 is 10.9 Å². The number of rotatable bonds is 8. The van der Waals surface area contributed by atoms with E-state index < -0.39 is 0 Å². The van der Waals surface area contributed by atoms with E-state index in [1.54, 1.807) is 12.1 Å². The fourth-order valence-corrected chi connectivity index (χ4v) is 4.92. The number of thioether (sulfide) groups is 1. The molecule has 0 aliphatic carbocycles. The number of nitrogens with one attached hydrogen (secondary N) is 2. The van der Waals surface area contributed by atoms with E-state index in [0.717, 1.165) is 31.0 Å². The molecule has 1 saturated heterocycles. The summed E-state index contributed by atoms with van der Waals surface area (Å²) < 4.78 is 2.09. The molecule has 32 heavy (non-hydrogen) atoms. The lowest BCUT2D eigenvalue weighted by molar-refractivity contribution is -0.119. The molecule has 8 nitrogen and oxygen atoms in total. The molecule has 1 aromatic carbocycles. The molecule has 3 heterocycles. The molecule has 1 aliphatic rings. The second kappa shape index (κ2) is 11.3. The van der Waals surface area contributed by atoms with E-state index in [9.17, 15) is 9.59 Å². The Kier molecular flexibility index (Phi) is 7.92. The van der Waals surface area contributed by atoms with Gasteiger partial charge in [-0.2, -0.15) is 0 Å². The van der Waals surface area contributed by atoms with E-state index >= 15 is 0 Å². The van der Waals surface area contributed by atoms with Gasteiger partial charge in [0.25, 0.3) is 5.91 Å². The van der Waals surface area contributed by atoms with Crippen LogP contribution in [0.3, 0.4) is 0 Å². The molecule has 10 heteroatoms. The van der Waals surface area contributed by atoms with Gasteiger partial charge in [0.15, 0.2) is 5.16 Å². The van der Waals surface area contributed by atoms with Crippen LogP contribution in [0, 0.1) is 0 Å². The van der Waals surface area contributed by atoms with E-state index in [1.165, 1.54) is 42.4 Å². The normalized spacial score (nSPS) is 14.2. The molecular weight excluding hydrogens is 444 g/mol. The highest BCUT2D eigenvalue weighted by Gasteiger charge is 2.19. The maximum Gasteiger partial charge on any atom is 0.279 e. The van der Waals surface area contributed by atoms with Gasteiger partial charge >= 0.3 is 0 Å². The van der Waals surface area contributed by atoms with Crippen molar-refractivity contribution in [1.29, 1.82) is 0 Å². The van der Waals surface area contributed by atoms with Gasteiger partial charge in [0.2, 0.25) is 5.91 Å². The Balaban J connectivity index is 1.39. The van der Waals surface area contributed by atoms with Crippen molar-refractivity contribution in [3.05, 3.63) is 64.1 Å². The smallest absolute Gasteiger partial charge is 0.279 e. The first-order valence-electron chi connectivity index (χ1n) is 10.6. The van der Waals surface area contributed by atoms with Crippen LogP contribution in [0.4, 0.5) is 0 Å². The molecule has 1 fully saturated rings. The molecule has 2 N–H and O–H groups in total. The summed E-state index contributed by atoms with van der Waals surface area (Å²) in [7, 11) is 0. The number of aromatic nitrogens is 3. The maximum atomic E-state index is 12.3. The fraction of sp³-hybridized carbons (Fsp3) is 0.364. The lowest BCUT2D eigenvalue weighted by atomic mass is 10.1. The molecule has 2 aromatic heterocycles. The second-order valence-corrected chi connectivity index (χ2v) is 9.47. The van der Waals surface area contributed by atoms with Gasteiger partial charge in [-0.05, 0) is 42.9 Å². The minimum atomic E-state index is -0.325. The first-order chi connectivity index (χ1) is 15.7. The molecule has 2 amide bonds. The Hall–Kier alpha value is -2.69. The van der Waals surface area contributed by atoms with Gasteiger partial charge in [0.1, 0.15) is 5.82 Å². The third-order valence-electron chi connectivity index (χ3n) is 5.18.